The molecule has 0 spiro atoms. The van der Waals surface area contributed by atoms with Crippen molar-refractivity contribution >= 4 is 5.91 Å². The minimum absolute atomic E-state index is 0.137. The Bertz CT molecular complexity index is 793. The van der Waals surface area contributed by atoms with Gasteiger partial charge < -0.3 is 10.2 Å². The zero-order valence-corrected chi connectivity index (χ0v) is 16.9. The Morgan fingerprint density at radius 3 is 2.79 bits per heavy atom. The van der Waals surface area contributed by atoms with E-state index in [0.717, 1.165) is 58.3 Å². The third-order valence-electron chi connectivity index (χ3n) is 6.06. The molecular weight excluding hydrogens is 350 g/mol. The standard InChI is InChI=1S/C22H31N5O/c1-2-27-20-10-9-18(24-16-17-8-7-11-23-15-17)14-19(20)21(25-27)22(28)26-12-5-3-4-6-13-26/h7-8,11,15,18,24H,2-6,9-10,12-14,16H2,1H3. The van der Waals surface area contributed by atoms with Crippen molar-refractivity contribution in [2.45, 2.75) is 71.0 Å². The predicted molar refractivity (Wildman–Crippen MR) is 109 cm³/mol. The Labute approximate surface area is 167 Å². The van der Waals surface area contributed by atoms with Crippen molar-refractivity contribution in [3.8, 4) is 0 Å². The summed E-state index contributed by atoms with van der Waals surface area (Å²) in [6.07, 6.45) is 11.3. The van der Waals surface area contributed by atoms with Gasteiger partial charge in [0.25, 0.3) is 5.91 Å². The van der Waals surface area contributed by atoms with E-state index in [0.29, 0.717) is 11.7 Å². The number of amides is 1. The highest BCUT2D eigenvalue weighted by Gasteiger charge is 2.30. The molecule has 0 bridgehead atoms. The van der Waals surface area contributed by atoms with Crippen LogP contribution in [0.1, 0.15) is 66.3 Å². The SMILES string of the molecule is CCn1nc(C(=O)N2CCCCCC2)c2c1CCC(NCc1cccnc1)C2. The molecule has 6 nitrogen and oxygen atoms in total. The van der Waals surface area contributed by atoms with Crippen LogP contribution in [0.2, 0.25) is 0 Å². The smallest absolute Gasteiger partial charge is 0.274 e. The summed E-state index contributed by atoms with van der Waals surface area (Å²) in [5.41, 5.74) is 4.33. The molecular formula is C22H31N5O. The molecule has 1 fully saturated rings. The third kappa shape index (κ3) is 4.12. The van der Waals surface area contributed by atoms with E-state index in [1.54, 1.807) is 6.20 Å². The molecule has 0 radical (unpaired) electrons. The van der Waals surface area contributed by atoms with Crippen molar-refractivity contribution < 1.29 is 4.79 Å². The molecule has 1 aliphatic heterocycles. The van der Waals surface area contributed by atoms with Gasteiger partial charge in [-0.1, -0.05) is 18.9 Å². The number of pyridine rings is 1. The Morgan fingerprint density at radius 2 is 2.07 bits per heavy atom. The molecule has 2 aromatic rings. The van der Waals surface area contributed by atoms with Crippen molar-refractivity contribution in [2.75, 3.05) is 13.1 Å². The number of nitrogens with one attached hydrogen (secondary N) is 1. The lowest BCUT2D eigenvalue weighted by Gasteiger charge is -2.25. The summed E-state index contributed by atoms with van der Waals surface area (Å²) < 4.78 is 2.05. The highest BCUT2D eigenvalue weighted by atomic mass is 16.2. The Hall–Kier alpha value is -2.21. The van der Waals surface area contributed by atoms with E-state index in [2.05, 4.69) is 28.0 Å². The molecule has 0 aromatic carbocycles. The number of carbonyl (C=O) groups is 1. The average molecular weight is 382 g/mol. The van der Waals surface area contributed by atoms with Crippen LogP contribution in [-0.2, 0) is 25.9 Å². The first-order valence-corrected chi connectivity index (χ1v) is 10.8. The van der Waals surface area contributed by atoms with Crippen LogP contribution in [0.15, 0.2) is 24.5 Å². The van der Waals surface area contributed by atoms with E-state index in [1.807, 2.05) is 17.2 Å². The number of carbonyl (C=O) groups excluding carboxylic acids is 1. The minimum atomic E-state index is 0.137. The van der Waals surface area contributed by atoms with Gasteiger partial charge in [-0.15, -0.1) is 0 Å². The fraction of sp³-hybridized carbons (Fsp3) is 0.591. The first kappa shape index (κ1) is 19.1. The summed E-state index contributed by atoms with van der Waals surface area (Å²) in [5, 5.41) is 8.42. The second-order valence-corrected chi connectivity index (χ2v) is 7.98. The van der Waals surface area contributed by atoms with Gasteiger partial charge in [-0.25, -0.2) is 0 Å². The second kappa shape index (κ2) is 8.86. The summed E-state index contributed by atoms with van der Waals surface area (Å²) in [6.45, 7) is 5.49. The van der Waals surface area contributed by atoms with Crippen LogP contribution in [0.25, 0.3) is 0 Å². The van der Waals surface area contributed by atoms with E-state index < -0.39 is 0 Å². The second-order valence-electron chi connectivity index (χ2n) is 7.98. The van der Waals surface area contributed by atoms with Gasteiger partial charge >= 0.3 is 0 Å². The van der Waals surface area contributed by atoms with Crippen molar-refractivity contribution in [3.63, 3.8) is 0 Å². The molecule has 1 amide bonds. The molecule has 1 atom stereocenters. The van der Waals surface area contributed by atoms with E-state index in [-0.39, 0.29) is 5.91 Å². The maximum Gasteiger partial charge on any atom is 0.274 e. The van der Waals surface area contributed by atoms with Gasteiger partial charge in [0, 0.05) is 55.9 Å². The first-order valence-electron chi connectivity index (χ1n) is 10.8. The highest BCUT2D eigenvalue weighted by Crippen LogP contribution is 2.27. The molecule has 1 N–H and O–H groups in total. The lowest BCUT2D eigenvalue weighted by atomic mass is 9.91. The van der Waals surface area contributed by atoms with Gasteiger partial charge in [0.1, 0.15) is 0 Å². The summed E-state index contributed by atoms with van der Waals surface area (Å²) in [4.78, 5) is 19.5. The predicted octanol–water partition coefficient (Wildman–Crippen LogP) is 2.96. The summed E-state index contributed by atoms with van der Waals surface area (Å²) in [7, 11) is 0. The summed E-state index contributed by atoms with van der Waals surface area (Å²) >= 11 is 0. The molecule has 150 valence electrons. The Balaban J connectivity index is 1.50. The molecule has 2 aromatic heterocycles. The van der Waals surface area contributed by atoms with Crippen LogP contribution in [-0.4, -0.2) is 44.7 Å². The van der Waals surface area contributed by atoms with Gasteiger partial charge in [0.15, 0.2) is 5.69 Å². The molecule has 1 saturated heterocycles. The van der Waals surface area contributed by atoms with Crippen molar-refractivity contribution in [1.29, 1.82) is 0 Å². The normalized spacial score (nSPS) is 19.9. The van der Waals surface area contributed by atoms with E-state index in [1.165, 1.54) is 29.7 Å². The largest absolute Gasteiger partial charge is 0.337 e. The lowest BCUT2D eigenvalue weighted by molar-refractivity contribution is 0.0753. The van der Waals surface area contributed by atoms with Gasteiger partial charge in [-0.05, 0) is 50.7 Å². The quantitative estimate of drug-likeness (QED) is 0.865. The van der Waals surface area contributed by atoms with Crippen LogP contribution in [0, 0.1) is 0 Å². The van der Waals surface area contributed by atoms with E-state index in [9.17, 15) is 4.79 Å². The monoisotopic (exact) mass is 381 g/mol. The molecule has 6 heteroatoms. The summed E-state index contributed by atoms with van der Waals surface area (Å²) in [5.74, 6) is 0.137. The average Bonchev–Trinajstić information content (AvgIpc) is 2.90. The maximum absolute atomic E-state index is 13.3. The number of likely N-dealkylation sites (tertiary alicyclic amines) is 1. The molecule has 4 rings (SSSR count). The number of aromatic nitrogens is 3. The van der Waals surface area contributed by atoms with Crippen molar-refractivity contribution in [2.24, 2.45) is 0 Å². The lowest BCUT2D eigenvalue weighted by Crippen LogP contribution is -2.36. The Morgan fingerprint density at radius 1 is 1.25 bits per heavy atom. The van der Waals surface area contributed by atoms with Gasteiger partial charge in [-0.3, -0.25) is 14.5 Å². The number of hydrogen-bond acceptors (Lipinski definition) is 4. The van der Waals surface area contributed by atoms with E-state index in [4.69, 9.17) is 5.10 Å². The molecule has 0 saturated carbocycles. The van der Waals surface area contributed by atoms with Gasteiger partial charge in [0.2, 0.25) is 0 Å². The van der Waals surface area contributed by atoms with Crippen LogP contribution >= 0.6 is 0 Å². The van der Waals surface area contributed by atoms with Crippen molar-refractivity contribution in [3.05, 3.63) is 47.0 Å². The summed E-state index contributed by atoms with van der Waals surface area (Å²) in [6, 6.07) is 4.44. The molecule has 1 aliphatic carbocycles. The van der Waals surface area contributed by atoms with Crippen LogP contribution in [0.4, 0.5) is 0 Å². The van der Waals surface area contributed by atoms with Crippen molar-refractivity contribution in [1.82, 2.24) is 25.0 Å². The molecule has 3 heterocycles. The van der Waals surface area contributed by atoms with E-state index >= 15 is 0 Å². The third-order valence-corrected chi connectivity index (χ3v) is 6.06. The fourth-order valence-electron chi connectivity index (χ4n) is 4.48. The molecule has 2 aliphatic rings. The number of nitrogens with zero attached hydrogens (tertiary/aromatic N) is 4. The Kier molecular flexibility index (Phi) is 6.05. The first-order chi connectivity index (χ1) is 13.8. The zero-order chi connectivity index (χ0) is 19.3. The van der Waals surface area contributed by atoms with Gasteiger partial charge in [-0.2, -0.15) is 5.10 Å². The zero-order valence-electron chi connectivity index (χ0n) is 16.9. The number of aryl methyl sites for hydroxylation is 1. The molecule has 28 heavy (non-hydrogen) atoms. The fourth-order valence-corrected chi connectivity index (χ4v) is 4.48. The number of hydrogen-bond donors (Lipinski definition) is 1. The molecule has 1 unspecified atom stereocenters. The van der Waals surface area contributed by atoms with Crippen LogP contribution in [0.3, 0.4) is 0 Å². The highest BCUT2D eigenvalue weighted by molar-refractivity contribution is 5.94. The van der Waals surface area contributed by atoms with Crippen LogP contribution in [0.5, 0.6) is 0 Å². The van der Waals surface area contributed by atoms with Crippen LogP contribution < -0.4 is 5.32 Å². The minimum Gasteiger partial charge on any atom is -0.337 e. The number of rotatable bonds is 5. The topological polar surface area (TPSA) is 63.1 Å². The maximum atomic E-state index is 13.3. The number of fused-ring (bicyclic) bond motifs is 1. The van der Waals surface area contributed by atoms with Gasteiger partial charge in [0.05, 0.1) is 0 Å².